The van der Waals surface area contributed by atoms with E-state index in [9.17, 15) is 10.1 Å². The van der Waals surface area contributed by atoms with Crippen LogP contribution in [0.5, 0.6) is 0 Å². The maximum atomic E-state index is 10.5. The van der Waals surface area contributed by atoms with Crippen LogP contribution in [0, 0.1) is 10.1 Å². The molecular formula is C9H9NO2S. The fourth-order valence-corrected chi connectivity index (χ4v) is 2.48. The summed E-state index contributed by atoms with van der Waals surface area (Å²) >= 11 is 1.79. The summed E-state index contributed by atoms with van der Waals surface area (Å²) in [6.45, 7) is 0. The standard InChI is InChI=1S/C9H9NO2S/c11-10(12)8-3-4-9-7(6-8)2-1-5-13-9/h3-4,6H,1-2,5H2. The van der Waals surface area contributed by atoms with E-state index >= 15 is 0 Å². The van der Waals surface area contributed by atoms with Crippen LogP contribution in [0.1, 0.15) is 12.0 Å². The van der Waals surface area contributed by atoms with Crippen molar-refractivity contribution in [2.75, 3.05) is 5.75 Å². The van der Waals surface area contributed by atoms with E-state index in [4.69, 9.17) is 0 Å². The Morgan fingerprint density at radius 1 is 1.46 bits per heavy atom. The Balaban J connectivity index is 2.40. The van der Waals surface area contributed by atoms with E-state index in [-0.39, 0.29) is 10.6 Å². The van der Waals surface area contributed by atoms with Gasteiger partial charge in [0.25, 0.3) is 5.69 Å². The lowest BCUT2D eigenvalue weighted by Gasteiger charge is -2.13. The summed E-state index contributed by atoms with van der Waals surface area (Å²) in [6, 6.07) is 5.13. The molecule has 0 saturated carbocycles. The third-order valence-electron chi connectivity index (χ3n) is 2.10. The highest BCUT2D eigenvalue weighted by molar-refractivity contribution is 7.99. The minimum Gasteiger partial charge on any atom is -0.258 e. The maximum Gasteiger partial charge on any atom is 0.269 e. The lowest BCUT2D eigenvalue weighted by atomic mass is 10.1. The molecule has 0 spiro atoms. The van der Waals surface area contributed by atoms with E-state index in [1.807, 2.05) is 6.07 Å². The number of hydrogen-bond donors (Lipinski definition) is 0. The molecule has 4 heteroatoms. The van der Waals surface area contributed by atoms with Crippen LogP contribution in [0.2, 0.25) is 0 Å². The summed E-state index contributed by atoms with van der Waals surface area (Å²) in [5, 5.41) is 10.5. The van der Waals surface area contributed by atoms with Crippen molar-refractivity contribution in [3.05, 3.63) is 33.9 Å². The molecule has 3 nitrogen and oxygen atoms in total. The zero-order valence-electron chi connectivity index (χ0n) is 7.03. The van der Waals surface area contributed by atoms with Gasteiger partial charge in [0.15, 0.2) is 0 Å². The molecule has 0 unspecified atom stereocenters. The number of non-ortho nitro benzene ring substituents is 1. The normalized spacial score (nSPS) is 15.1. The summed E-state index contributed by atoms with van der Waals surface area (Å²) in [6.07, 6.45) is 2.10. The van der Waals surface area contributed by atoms with Gasteiger partial charge in [0, 0.05) is 17.0 Å². The van der Waals surface area contributed by atoms with Crippen LogP contribution in [0.4, 0.5) is 5.69 Å². The molecule has 0 bridgehead atoms. The van der Waals surface area contributed by atoms with Gasteiger partial charge in [-0.1, -0.05) is 0 Å². The summed E-state index contributed by atoms with van der Waals surface area (Å²) in [5.74, 6) is 1.13. The van der Waals surface area contributed by atoms with E-state index in [1.165, 1.54) is 4.90 Å². The average molecular weight is 195 g/mol. The van der Waals surface area contributed by atoms with E-state index in [1.54, 1.807) is 23.9 Å². The smallest absolute Gasteiger partial charge is 0.258 e. The molecule has 0 fully saturated rings. The predicted octanol–water partition coefficient (Wildman–Crippen LogP) is 2.63. The van der Waals surface area contributed by atoms with Gasteiger partial charge in [0.05, 0.1) is 4.92 Å². The first-order valence-electron chi connectivity index (χ1n) is 4.17. The molecule has 2 rings (SSSR count). The number of nitrogens with zero attached hydrogens (tertiary/aromatic N) is 1. The minimum atomic E-state index is -0.334. The van der Waals surface area contributed by atoms with Crippen LogP contribution < -0.4 is 0 Å². The molecule has 0 N–H and O–H groups in total. The van der Waals surface area contributed by atoms with Crippen molar-refractivity contribution >= 4 is 17.4 Å². The lowest BCUT2D eigenvalue weighted by Crippen LogP contribution is -1.99. The van der Waals surface area contributed by atoms with Gasteiger partial charge in [0.1, 0.15) is 0 Å². The molecule has 0 aromatic heterocycles. The van der Waals surface area contributed by atoms with Crippen LogP contribution in [0.25, 0.3) is 0 Å². The zero-order chi connectivity index (χ0) is 9.26. The minimum absolute atomic E-state index is 0.209. The topological polar surface area (TPSA) is 43.1 Å². The van der Waals surface area contributed by atoms with E-state index < -0.39 is 0 Å². The molecule has 0 amide bonds. The monoisotopic (exact) mass is 195 g/mol. The Morgan fingerprint density at radius 3 is 3.08 bits per heavy atom. The Kier molecular flexibility index (Phi) is 2.22. The van der Waals surface area contributed by atoms with Gasteiger partial charge in [-0.2, -0.15) is 0 Å². The van der Waals surface area contributed by atoms with Gasteiger partial charge in [-0.05, 0) is 30.2 Å². The molecule has 0 atom stereocenters. The zero-order valence-corrected chi connectivity index (χ0v) is 7.84. The third-order valence-corrected chi connectivity index (χ3v) is 3.30. The highest BCUT2D eigenvalue weighted by atomic mass is 32.2. The predicted molar refractivity (Wildman–Crippen MR) is 52.1 cm³/mol. The molecule has 0 aliphatic carbocycles. The van der Waals surface area contributed by atoms with Crippen molar-refractivity contribution in [1.82, 2.24) is 0 Å². The summed E-state index contributed by atoms with van der Waals surface area (Å²) in [7, 11) is 0. The van der Waals surface area contributed by atoms with Gasteiger partial charge < -0.3 is 0 Å². The Morgan fingerprint density at radius 2 is 2.31 bits per heavy atom. The quantitative estimate of drug-likeness (QED) is 0.511. The maximum absolute atomic E-state index is 10.5. The van der Waals surface area contributed by atoms with Gasteiger partial charge >= 0.3 is 0 Å². The van der Waals surface area contributed by atoms with Gasteiger partial charge in [0.2, 0.25) is 0 Å². The van der Waals surface area contributed by atoms with Crippen LogP contribution in [-0.2, 0) is 6.42 Å². The number of hydrogen-bond acceptors (Lipinski definition) is 3. The molecular weight excluding hydrogens is 186 g/mol. The van der Waals surface area contributed by atoms with Crippen molar-refractivity contribution in [3.63, 3.8) is 0 Å². The third kappa shape index (κ3) is 1.67. The average Bonchev–Trinajstić information content (AvgIpc) is 2.17. The van der Waals surface area contributed by atoms with Crippen molar-refractivity contribution in [1.29, 1.82) is 0 Å². The Labute approximate surface area is 80.3 Å². The largest absolute Gasteiger partial charge is 0.269 e. The first-order valence-corrected chi connectivity index (χ1v) is 5.16. The highest BCUT2D eigenvalue weighted by Crippen LogP contribution is 2.32. The van der Waals surface area contributed by atoms with Crippen molar-refractivity contribution in [2.24, 2.45) is 0 Å². The molecule has 1 aromatic rings. The highest BCUT2D eigenvalue weighted by Gasteiger charge is 2.13. The van der Waals surface area contributed by atoms with Gasteiger partial charge in [-0.25, -0.2) is 0 Å². The molecule has 1 aliphatic rings. The number of benzene rings is 1. The fourth-order valence-electron chi connectivity index (χ4n) is 1.46. The molecule has 0 saturated heterocycles. The van der Waals surface area contributed by atoms with Crippen molar-refractivity contribution < 1.29 is 4.92 Å². The number of fused-ring (bicyclic) bond motifs is 1. The number of rotatable bonds is 1. The second-order valence-electron chi connectivity index (χ2n) is 3.00. The number of aryl methyl sites for hydroxylation is 1. The van der Waals surface area contributed by atoms with Crippen molar-refractivity contribution in [3.8, 4) is 0 Å². The number of nitro benzene ring substituents is 1. The molecule has 68 valence electrons. The second-order valence-corrected chi connectivity index (χ2v) is 4.14. The SMILES string of the molecule is O=[N+]([O-])c1ccc2c(c1)CCCS2. The molecule has 0 radical (unpaired) electrons. The molecule has 1 aliphatic heterocycles. The van der Waals surface area contributed by atoms with Gasteiger partial charge in [-0.15, -0.1) is 11.8 Å². The van der Waals surface area contributed by atoms with Crippen LogP contribution in [0.15, 0.2) is 23.1 Å². The second kappa shape index (κ2) is 3.38. The van der Waals surface area contributed by atoms with Crippen LogP contribution in [0.3, 0.4) is 0 Å². The van der Waals surface area contributed by atoms with Crippen molar-refractivity contribution in [2.45, 2.75) is 17.7 Å². The Bertz CT molecular complexity index is 351. The summed E-state index contributed by atoms with van der Waals surface area (Å²) in [5.41, 5.74) is 1.34. The summed E-state index contributed by atoms with van der Waals surface area (Å²) in [4.78, 5) is 11.4. The molecule has 1 heterocycles. The van der Waals surface area contributed by atoms with E-state index in [0.29, 0.717) is 0 Å². The Hall–Kier alpha value is -1.03. The number of nitro groups is 1. The first kappa shape index (κ1) is 8.56. The fraction of sp³-hybridized carbons (Fsp3) is 0.333. The first-order chi connectivity index (χ1) is 6.27. The van der Waals surface area contributed by atoms with Gasteiger partial charge in [-0.3, -0.25) is 10.1 Å². The van der Waals surface area contributed by atoms with E-state index in [0.717, 1.165) is 24.2 Å². The molecule has 1 aromatic carbocycles. The van der Waals surface area contributed by atoms with E-state index in [2.05, 4.69) is 0 Å². The molecule has 13 heavy (non-hydrogen) atoms. The number of thioether (sulfide) groups is 1. The van der Waals surface area contributed by atoms with Crippen LogP contribution in [-0.4, -0.2) is 10.7 Å². The lowest BCUT2D eigenvalue weighted by molar-refractivity contribution is -0.385. The van der Waals surface area contributed by atoms with Crippen LogP contribution >= 0.6 is 11.8 Å². The summed E-state index contributed by atoms with van der Waals surface area (Å²) < 4.78 is 0.